The van der Waals surface area contributed by atoms with Gasteiger partial charge in [-0.2, -0.15) is 0 Å². The second-order valence-electron chi connectivity index (χ2n) is 5.51. The number of aromatic nitrogens is 1. The maximum Gasteiger partial charge on any atom is 0.162 e. The fourth-order valence-corrected chi connectivity index (χ4v) is 2.76. The zero-order valence-corrected chi connectivity index (χ0v) is 13.0. The summed E-state index contributed by atoms with van der Waals surface area (Å²) in [7, 11) is 0. The lowest BCUT2D eigenvalue weighted by molar-refractivity contribution is 0.101. The molecule has 108 valence electrons. The highest BCUT2D eigenvalue weighted by Crippen LogP contribution is 2.30. The third kappa shape index (κ3) is 2.58. The van der Waals surface area contributed by atoms with E-state index in [9.17, 15) is 4.79 Å². The van der Waals surface area contributed by atoms with Crippen LogP contribution in [0.25, 0.3) is 10.9 Å². The minimum absolute atomic E-state index is 0.115. The molecule has 0 unspecified atom stereocenters. The van der Waals surface area contributed by atoms with Gasteiger partial charge in [0.2, 0.25) is 0 Å². The molecule has 0 bridgehead atoms. The number of hydrogen-bond donors (Lipinski definition) is 0. The van der Waals surface area contributed by atoms with Crippen LogP contribution in [-0.4, -0.2) is 16.5 Å². The van der Waals surface area contributed by atoms with Crippen molar-refractivity contribution in [3.63, 3.8) is 0 Å². The Morgan fingerprint density at radius 2 is 2.05 bits per heavy atom. The third-order valence-electron chi connectivity index (χ3n) is 3.47. The quantitative estimate of drug-likeness (QED) is 0.758. The molecule has 0 atom stereocenters. The first-order valence-electron chi connectivity index (χ1n) is 7.26. The van der Waals surface area contributed by atoms with Gasteiger partial charge in [0.15, 0.2) is 5.78 Å². The second kappa shape index (κ2) is 5.70. The highest BCUT2D eigenvalue weighted by molar-refractivity contribution is 6.08. The number of nitrogens with zero attached hydrogens (tertiary/aromatic N) is 1. The number of ether oxygens (including phenoxy) is 1. The Hall–Kier alpha value is -1.77. The number of hydrogen-bond acceptors (Lipinski definition) is 2. The molecule has 0 aliphatic carbocycles. The molecular weight excluding hydrogens is 250 g/mol. The monoisotopic (exact) mass is 273 g/mol. The molecule has 2 aromatic rings. The van der Waals surface area contributed by atoms with Crippen molar-refractivity contribution >= 4 is 16.7 Å². The van der Waals surface area contributed by atoms with Gasteiger partial charge < -0.3 is 9.30 Å². The molecule has 1 aromatic heterocycles. The summed E-state index contributed by atoms with van der Waals surface area (Å²) < 4.78 is 7.97. The molecule has 0 amide bonds. The molecule has 20 heavy (non-hydrogen) atoms. The largest absolute Gasteiger partial charge is 0.491 e. The van der Waals surface area contributed by atoms with Crippen molar-refractivity contribution in [2.45, 2.75) is 53.7 Å². The first kappa shape index (κ1) is 14.6. The van der Waals surface area contributed by atoms with Crippen LogP contribution in [0.2, 0.25) is 0 Å². The molecule has 2 rings (SSSR count). The Labute approximate surface area is 120 Å². The lowest BCUT2D eigenvalue weighted by atomic mass is 10.1. The van der Waals surface area contributed by atoms with Crippen molar-refractivity contribution in [2.75, 3.05) is 0 Å². The first-order chi connectivity index (χ1) is 9.45. The zero-order valence-electron chi connectivity index (χ0n) is 13.0. The van der Waals surface area contributed by atoms with Gasteiger partial charge in [0.25, 0.3) is 0 Å². The number of carbonyl (C=O) groups excluding carboxylic acids is 1. The van der Waals surface area contributed by atoms with Gasteiger partial charge in [-0.05, 0) is 52.3 Å². The Morgan fingerprint density at radius 1 is 1.35 bits per heavy atom. The molecule has 0 fully saturated rings. The Balaban J connectivity index is 2.66. The molecule has 0 aliphatic heterocycles. The summed E-state index contributed by atoms with van der Waals surface area (Å²) in [5, 5.41) is 1.00. The molecule has 0 aliphatic rings. The van der Waals surface area contributed by atoms with Crippen LogP contribution >= 0.6 is 0 Å². The SMILES string of the molecule is CCCn1c(C)c(C(C)=O)c2cc(OC(C)C)ccc21. The molecule has 1 heterocycles. The molecule has 0 saturated carbocycles. The summed E-state index contributed by atoms with van der Waals surface area (Å²) in [5.41, 5.74) is 2.99. The van der Waals surface area contributed by atoms with E-state index in [1.807, 2.05) is 32.9 Å². The fourth-order valence-electron chi connectivity index (χ4n) is 2.76. The van der Waals surface area contributed by atoms with Crippen LogP contribution in [-0.2, 0) is 6.54 Å². The summed E-state index contributed by atoms with van der Waals surface area (Å²) in [6.45, 7) is 10.7. The first-order valence-corrected chi connectivity index (χ1v) is 7.26. The minimum atomic E-state index is 0.115. The van der Waals surface area contributed by atoms with Crippen LogP contribution in [0.3, 0.4) is 0 Å². The molecule has 1 aromatic carbocycles. The molecule has 0 radical (unpaired) electrons. The normalized spacial score (nSPS) is 11.3. The Bertz CT molecular complexity index is 638. The van der Waals surface area contributed by atoms with Crippen LogP contribution in [0.5, 0.6) is 5.75 Å². The highest BCUT2D eigenvalue weighted by Gasteiger charge is 2.17. The second-order valence-corrected chi connectivity index (χ2v) is 5.51. The molecule has 3 heteroatoms. The van der Waals surface area contributed by atoms with Crippen LogP contribution in [0.4, 0.5) is 0 Å². The summed E-state index contributed by atoms with van der Waals surface area (Å²) in [6, 6.07) is 6.03. The van der Waals surface area contributed by atoms with Crippen molar-refractivity contribution in [1.82, 2.24) is 4.57 Å². The average Bonchev–Trinajstić information content (AvgIpc) is 2.61. The van der Waals surface area contributed by atoms with Crippen molar-refractivity contribution in [1.29, 1.82) is 0 Å². The summed E-state index contributed by atoms with van der Waals surface area (Å²) in [4.78, 5) is 12.0. The average molecular weight is 273 g/mol. The van der Waals surface area contributed by atoms with E-state index in [0.717, 1.165) is 40.9 Å². The van der Waals surface area contributed by atoms with E-state index in [1.54, 1.807) is 6.92 Å². The predicted octanol–water partition coefficient (Wildman–Crippen LogP) is 4.35. The number of aryl methyl sites for hydroxylation is 1. The molecule has 0 saturated heterocycles. The molecule has 3 nitrogen and oxygen atoms in total. The van der Waals surface area contributed by atoms with E-state index in [2.05, 4.69) is 17.6 Å². The summed E-state index contributed by atoms with van der Waals surface area (Å²) >= 11 is 0. The van der Waals surface area contributed by atoms with E-state index in [4.69, 9.17) is 4.74 Å². The Morgan fingerprint density at radius 3 is 2.60 bits per heavy atom. The maximum atomic E-state index is 12.0. The van der Waals surface area contributed by atoms with Gasteiger partial charge in [0, 0.05) is 28.7 Å². The van der Waals surface area contributed by atoms with E-state index >= 15 is 0 Å². The number of Topliss-reactive ketones (excluding diaryl/α,β-unsaturated/α-hetero) is 1. The smallest absolute Gasteiger partial charge is 0.162 e. The van der Waals surface area contributed by atoms with E-state index in [1.165, 1.54) is 0 Å². The number of benzene rings is 1. The maximum absolute atomic E-state index is 12.0. The fraction of sp³-hybridized carbons (Fsp3) is 0.471. The van der Waals surface area contributed by atoms with Crippen LogP contribution < -0.4 is 4.74 Å². The molecule has 0 spiro atoms. The zero-order chi connectivity index (χ0) is 14.9. The number of fused-ring (bicyclic) bond motifs is 1. The van der Waals surface area contributed by atoms with Crippen molar-refractivity contribution < 1.29 is 9.53 Å². The lowest BCUT2D eigenvalue weighted by Gasteiger charge is -2.10. The van der Waals surface area contributed by atoms with Gasteiger partial charge in [0.05, 0.1) is 6.10 Å². The molecular formula is C17H23NO2. The van der Waals surface area contributed by atoms with E-state index < -0.39 is 0 Å². The van der Waals surface area contributed by atoms with Gasteiger partial charge in [-0.15, -0.1) is 0 Å². The highest BCUT2D eigenvalue weighted by atomic mass is 16.5. The van der Waals surface area contributed by atoms with Gasteiger partial charge >= 0.3 is 0 Å². The molecule has 0 N–H and O–H groups in total. The van der Waals surface area contributed by atoms with Gasteiger partial charge in [-0.25, -0.2) is 0 Å². The number of carbonyl (C=O) groups is 1. The van der Waals surface area contributed by atoms with Crippen molar-refractivity contribution in [3.8, 4) is 5.75 Å². The van der Waals surface area contributed by atoms with Gasteiger partial charge in [-0.3, -0.25) is 4.79 Å². The van der Waals surface area contributed by atoms with Crippen molar-refractivity contribution in [3.05, 3.63) is 29.5 Å². The number of ketones is 1. The van der Waals surface area contributed by atoms with Crippen LogP contribution in [0.1, 0.15) is 50.2 Å². The minimum Gasteiger partial charge on any atom is -0.491 e. The predicted molar refractivity (Wildman–Crippen MR) is 82.7 cm³/mol. The van der Waals surface area contributed by atoms with Gasteiger partial charge in [0.1, 0.15) is 5.75 Å². The van der Waals surface area contributed by atoms with Crippen molar-refractivity contribution in [2.24, 2.45) is 0 Å². The van der Waals surface area contributed by atoms with Crippen LogP contribution in [0.15, 0.2) is 18.2 Å². The van der Waals surface area contributed by atoms with E-state index in [0.29, 0.717) is 0 Å². The third-order valence-corrected chi connectivity index (χ3v) is 3.47. The number of rotatable bonds is 5. The Kier molecular flexibility index (Phi) is 4.17. The topological polar surface area (TPSA) is 31.2 Å². The standard InChI is InChI=1S/C17H23NO2/c1-6-9-18-12(4)17(13(5)19)15-10-14(20-11(2)3)7-8-16(15)18/h7-8,10-11H,6,9H2,1-5H3. The summed E-state index contributed by atoms with van der Waals surface area (Å²) in [5.74, 6) is 0.938. The lowest BCUT2D eigenvalue weighted by Crippen LogP contribution is -2.05. The van der Waals surface area contributed by atoms with E-state index in [-0.39, 0.29) is 11.9 Å². The van der Waals surface area contributed by atoms with Gasteiger partial charge in [-0.1, -0.05) is 6.92 Å². The summed E-state index contributed by atoms with van der Waals surface area (Å²) in [6.07, 6.45) is 1.18. The van der Waals surface area contributed by atoms with Crippen LogP contribution in [0, 0.1) is 6.92 Å².